The van der Waals surface area contributed by atoms with Gasteiger partial charge in [0.2, 0.25) is 0 Å². The molecule has 0 aromatic heterocycles. The van der Waals surface area contributed by atoms with Gasteiger partial charge in [0.25, 0.3) is 0 Å². The lowest BCUT2D eigenvalue weighted by atomic mass is 10.4. The van der Waals surface area contributed by atoms with Crippen molar-refractivity contribution >= 4 is 76.0 Å². The Bertz CT molecular complexity index is 1290. The summed E-state index contributed by atoms with van der Waals surface area (Å²) in [7, 11) is -0.892. The van der Waals surface area contributed by atoms with Gasteiger partial charge in [0, 0.05) is 0 Å². The Morgan fingerprint density at radius 3 is 0.605 bits per heavy atom. The van der Waals surface area contributed by atoms with E-state index in [4.69, 9.17) is 13.3 Å². The molecule has 0 aliphatic rings. The summed E-state index contributed by atoms with van der Waals surface area (Å²) < 4.78 is 24.1. The maximum atomic E-state index is 8.56. The molecule has 6 aromatic rings. The van der Waals surface area contributed by atoms with Gasteiger partial charge in [-0.25, -0.2) is 4.21 Å². The van der Waals surface area contributed by atoms with Crippen LogP contribution < -0.4 is 31.8 Å². The molecule has 0 saturated heterocycles. The van der Waals surface area contributed by atoms with Gasteiger partial charge in [0.1, 0.15) is 0 Å². The van der Waals surface area contributed by atoms with E-state index in [-0.39, 0.29) is 17.0 Å². The highest BCUT2D eigenvalue weighted by Crippen LogP contribution is 2.33. The minimum Gasteiger partial charge on any atom is -0.750 e. The number of halogens is 1. The molecular formula is C36H32BrO3P2S-. The predicted octanol–water partition coefficient (Wildman–Crippen LogP) is 6.81. The van der Waals surface area contributed by atoms with Gasteiger partial charge in [0.05, 0.1) is 11.4 Å². The Morgan fingerprint density at radius 1 is 0.372 bits per heavy atom. The number of hydrogen-bond donors (Lipinski definition) is 1. The van der Waals surface area contributed by atoms with Crippen LogP contribution in [0.15, 0.2) is 182 Å². The van der Waals surface area contributed by atoms with Gasteiger partial charge in [-0.15, -0.1) is 17.0 Å². The average molecular weight is 687 g/mol. The van der Waals surface area contributed by atoms with Crippen molar-refractivity contribution in [1.29, 1.82) is 0 Å². The predicted molar refractivity (Wildman–Crippen MR) is 192 cm³/mol. The van der Waals surface area contributed by atoms with Gasteiger partial charge >= 0.3 is 0 Å². The molecular weight excluding hydrogens is 654 g/mol. The zero-order chi connectivity index (χ0) is 29.4. The maximum absolute atomic E-state index is 8.56. The topological polar surface area (TPSA) is 60.4 Å². The van der Waals surface area contributed by atoms with Gasteiger partial charge in [0.15, 0.2) is 0 Å². The van der Waals surface area contributed by atoms with Crippen LogP contribution in [-0.2, 0) is 11.4 Å². The fourth-order valence-electron chi connectivity index (χ4n) is 4.36. The van der Waals surface area contributed by atoms with Crippen molar-refractivity contribution in [3.63, 3.8) is 0 Å². The highest BCUT2D eigenvalue weighted by atomic mass is 79.9. The zero-order valence-electron chi connectivity index (χ0n) is 23.3. The molecule has 218 valence electrons. The Morgan fingerprint density at radius 2 is 0.488 bits per heavy atom. The summed E-state index contributed by atoms with van der Waals surface area (Å²) in [6, 6.07) is 64.7. The minimum atomic E-state index is -2.86. The van der Waals surface area contributed by atoms with E-state index in [1.165, 1.54) is 31.8 Å². The second kappa shape index (κ2) is 19.1. The third-order valence-electron chi connectivity index (χ3n) is 6.09. The molecule has 0 saturated carbocycles. The second-order valence-corrected chi connectivity index (χ2v) is 13.8. The molecule has 43 heavy (non-hydrogen) atoms. The van der Waals surface area contributed by atoms with Crippen LogP contribution in [0, 0.1) is 0 Å². The molecule has 6 aromatic carbocycles. The summed E-state index contributed by atoms with van der Waals surface area (Å²) in [6.45, 7) is 0. The Balaban J connectivity index is 0.000000206. The molecule has 3 nitrogen and oxygen atoms in total. The van der Waals surface area contributed by atoms with Crippen molar-refractivity contribution in [2.75, 3.05) is 0 Å². The first-order valence-electron chi connectivity index (χ1n) is 13.3. The van der Waals surface area contributed by atoms with Crippen LogP contribution in [0.1, 0.15) is 0 Å². The van der Waals surface area contributed by atoms with Gasteiger partial charge < -0.3 is 9.11 Å². The fourth-order valence-corrected chi connectivity index (χ4v) is 8.97. The summed E-state index contributed by atoms with van der Waals surface area (Å²) in [5.41, 5.74) is 0. The van der Waals surface area contributed by atoms with E-state index in [1.54, 1.807) is 0 Å². The monoisotopic (exact) mass is 685 g/mol. The molecule has 0 aliphatic heterocycles. The minimum absolute atomic E-state index is 0. The van der Waals surface area contributed by atoms with E-state index in [1.807, 2.05) is 0 Å². The van der Waals surface area contributed by atoms with Crippen molar-refractivity contribution in [2.45, 2.75) is 0 Å². The van der Waals surface area contributed by atoms with Crippen LogP contribution in [0.5, 0.6) is 0 Å². The molecule has 0 aliphatic carbocycles. The lowest BCUT2D eigenvalue weighted by Gasteiger charge is -2.18. The maximum Gasteiger partial charge on any atom is 0.0814 e. The molecule has 1 atom stereocenters. The van der Waals surface area contributed by atoms with Crippen LogP contribution >= 0.6 is 32.8 Å². The third-order valence-corrected chi connectivity index (χ3v) is 11.0. The van der Waals surface area contributed by atoms with Crippen molar-refractivity contribution in [1.82, 2.24) is 0 Å². The lowest BCUT2D eigenvalue weighted by Crippen LogP contribution is -2.20. The van der Waals surface area contributed by atoms with Gasteiger partial charge in [-0.2, -0.15) is 0 Å². The smallest absolute Gasteiger partial charge is 0.0814 e. The van der Waals surface area contributed by atoms with Crippen molar-refractivity contribution < 1.29 is 13.3 Å². The largest absolute Gasteiger partial charge is 0.750 e. The van der Waals surface area contributed by atoms with Crippen LogP contribution in [0.4, 0.5) is 0 Å². The van der Waals surface area contributed by atoms with E-state index < -0.39 is 27.2 Å². The van der Waals surface area contributed by atoms with E-state index >= 15 is 0 Å². The van der Waals surface area contributed by atoms with E-state index in [2.05, 4.69) is 182 Å². The summed E-state index contributed by atoms with van der Waals surface area (Å²) in [6.07, 6.45) is 0. The number of benzene rings is 6. The Kier molecular flexibility index (Phi) is 15.2. The fraction of sp³-hybridized carbons (Fsp3) is 0. The normalized spacial score (nSPS) is 10.8. The van der Waals surface area contributed by atoms with E-state index in [9.17, 15) is 0 Å². The van der Waals surface area contributed by atoms with Crippen molar-refractivity contribution in [2.24, 2.45) is 0 Å². The van der Waals surface area contributed by atoms with Crippen molar-refractivity contribution in [3.05, 3.63) is 182 Å². The molecule has 0 spiro atoms. The molecule has 1 N–H and O–H groups in total. The molecule has 1 unspecified atom stereocenters. The van der Waals surface area contributed by atoms with E-state index in [0.29, 0.717) is 0 Å². The molecule has 0 fully saturated rings. The quantitative estimate of drug-likeness (QED) is 0.155. The van der Waals surface area contributed by atoms with Crippen LogP contribution in [0.3, 0.4) is 0 Å². The molecule has 0 bridgehead atoms. The molecule has 0 radical (unpaired) electrons. The molecule has 0 amide bonds. The lowest BCUT2D eigenvalue weighted by molar-refractivity contribution is 0.436. The first kappa shape index (κ1) is 34.2. The van der Waals surface area contributed by atoms with Crippen molar-refractivity contribution in [3.8, 4) is 0 Å². The third kappa shape index (κ3) is 11.1. The highest BCUT2D eigenvalue weighted by molar-refractivity contribution is 8.93. The standard InChI is InChI=1S/2C18H15P.BrH.H2O3S/c2*1-4-10-16(11-5-1)19(17-12-6-2-7-13-17)18-14-8-3-9-15-18;;1-4(2)3/h2*1-15H;1H;(H2,1,2,3)/p-1. The summed E-state index contributed by atoms with van der Waals surface area (Å²) in [4.78, 5) is 0. The van der Waals surface area contributed by atoms with Gasteiger partial charge in [-0.05, 0) is 47.7 Å². The first-order valence-corrected chi connectivity index (χ1v) is 17.0. The van der Waals surface area contributed by atoms with Gasteiger partial charge in [-0.3, -0.25) is 0 Å². The molecule has 7 heteroatoms. The average Bonchev–Trinajstić information content (AvgIpc) is 3.05. The number of rotatable bonds is 6. The van der Waals surface area contributed by atoms with E-state index in [0.717, 1.165) is 0 Å². The summed E-state index contributed by atoms with van der Waals surface area (Å²) in [5, 5.41) is 8.39. The van der Waals surface area contributed by atoms with Crippen LogP contribution in [0.25, 0.3) is 0 Å². The molecule has 0 heterocycles. The first-order chi connectivity index (χ1) is 20.6. The zero-order valence-corrected chi connectivity index (χ0v) is 27.6. The Hall–Kier alpha value is -3.27. The van der Waals surface area contributed by atoms with Crippen LogP contribution in [-0.4, -0.2) is 13.3 Å². The van der Waals surface area contributed by atoms with Crippen LogP contribution in [0.2, 0.25) is 0 Å². The molecule has 6 rings (SSSR count). The van der Waals surface area contributed by atoms with Gasteiger partial charge in [-0.1, -0.05) is 182 Å². The second-order valence-electron chi connectivity index (χ2n) is 8.90. The summed E-state index contributed by atoms with van der Waals surface area (Å²) >= 11 is -2.86. The summed E-state index contributed by atoms with van der Waals surface area (Å²) in [5.74, 6) is 0. The Labute approximate surface area is 270 Å². The highest BCUT2D eigenvalue weighted by Gasteiger charge is 2.16. The number of hydrogen-bond acceptors (Lipinski definition) is 2. The SMILES string of the molecule is Br.O=S([O-])O.c1ccc(P(c2ccccc2)c2ccccc2)cc1.c1ccc(P(c2ccccc2)c2ccccc2)cc1.